The standard InChI is InChI=1S/C8H16N4O3/c1-8(2,6(10)11-15)7(14)12(3)4-5(9)13/h15H,4H2,1-3H3,(H2,9,13)(H2,10,11). The van der Waals surface area contributed by atoms with Crippen LogP contribution in [0.3, 0.4) is 0 Å². The Balaban J connectivity index is 4.77. The highest BCUT2D eigenvalue weighted by molar-refractivity contribution is 6.06. The fourth-order valence-corrected chi connectivity index (χ4v) is 1.02. The molecule has 0 aromatic carbocycles. The second-order valence-corrected chi connectivity index (χ2v) is 3.74. The molecule has 0 aromatic rings. The predicted molar refractivity (Wildman–Crippen MR) is 54.0 cm³/mol. The molecular formula is C8H16N4O3. The van der Waals surface area contributed by atoms with Gasteiger partial charge >= 0.3 is 0 Å². The molecule has 0 fully saturated rings. The predicted octanol–water partition coefficient (Wildman–Crippen LogP) is -1.30. The number of amidine groups is 1. The lowest BCUT2D eigenvalue weighted by Gasteiger charge is -2.27. The summed E-state index contributed by atoms with van der Waals surface area (Å²) >= 11 is 0. The summed E-state index contributed by atoms with van der Waals surface area (Å²) in [5.41, 5.74) is 9.13. The molecule has 0 bridgehead atoms. The lowest BCUT2D eigenvalue weighted by Crippen LogP contribution is -2.48. The Hall–Kier alpha value is -1.79. The lowest BCUT2D eigenvalue weighted by atomic mass is 9.90. The average Bonchev–Trinajstić information content (AvgIpc) is 2.13. The van der Waals surface area contributed by atoms with E-state index >= 15 is 0 Å². The van der Waals surface area contributed by atoms with E-state index in [0.29, 0.717) is 0 Å². The van der Waals surface area contributed by atoms with E-state index in [2.05, 4.69) is 5.16 Å². The third kappa shape index (κ3) is 3.12. The van der Waals surface area contributed by atoms with Crippen molar-refractivity contribution in [3.8, 4) is 0 Å². The Labute approximate surface area is 87.7 Å². The van der Waals surface area contributed by atoms with Gasteiger partial charge in [0.2, 0.25) is 11.8 Å². The zero-order valence-electron chi connectivity index (χ0n) is 9.02. The summed E-state index contributed by atoms with van der Waals surface area (Å²) in [6.45, 7) is 2.77. The van der Waals surface area contributed by atoms with Crippen LogP contribution in [-0.2, 0) is 9.59 Å². The molecule has 0 spiro atoms. The Morgan fingerprint density at radius 2 is 1.87 bits per heavy atom. The third-order valence-corrected chi connectivity index (χ3v) is 2.02. The van der Waals surface area contributed by atoms with E-state index in [1.165, 1.54) is 20.9 Å². The topological polar surface area (TPSA) is 122 Å². The number of oxime groups is 1. The van der Waals surface area contributed by atoms with E-state index in [1.54, 1.807) is 0 Å². The maximum absolute atomic E-state index is 11.7. The number of rotatable bonds is 4. The molecular weight excluding hydrogens is 200 g/mol. The largest absolute Gasteiger partial charge is 0.409 e. The van der Waals surface area contributed by atoms with Gasteiger partial charge in [-0.05, 0) is 13.8 Å². The number of hydrogen-bond donors (Lipinski definition) is 3. The first-order chi connectivity index (χ1) is 6.73. The van der Waals surface area contributed by atoms with Gasteiger partial charge in [-0.25, -0.2) is 0 Å². The van der Waals surface area contributed by atoms with E-state index < -0.39 is 17.2 Å². The number of nitrogens with two attached hydrogens (primary N) is 2. The molecule has 0 saturated carbocycles. The van der Waals surface area contributed by atoms with Gasteiger partial charge in [-0.2, -0.15) is 0 Å². The number of primary amides is 1. The first-order valence-electron chi connectivity index (χ1n) is 4.25. The molecule has 0 aliphatic rings. The van der Waals surface area contributed by atoms with Gasteiger partial charge in [0.1, 0.15) is 5.41 Å². The summed E-state index contributed by atoms with van der Waals surface area (Å²) in [7, 11) is 1.42. The van der Waals surface area contributed by atoms with Crippen molar-refractivity contribution in [1.29, 1.82) is 0 Å². The fraction of sp³-hybridized carbons (Fsp3) is 0.625. The number of hydrogen-bond acceptors (Lipinski definition) is 4. The van der Waals surface area contributed by atoms with Crippen LogP contribution in [0.1, 0.15) is 13.8 Å². The number of likely N-dealkylation sites (N-methyl/N-ethyl adjacent to an activating group) is 1. The fourth-order valence-electron chi connectivity index (χ4n) is 1.02. The zero-order chi connectivity index (χ0) is 12.2. The summed E-state index contributed by atoms with van der Waals surface area (Å²) in [5, 5.41) is 11.3. The summed E-state index contributed by atoms with van der Waals surface area (Å²) < 4.78 is 0. The van der Waals surface area contributed by atoms with Crippen LogP contribution in [0.15, 0.2) is 5.16 Å². The normalized spacial score (nSPS) is 12.3. The molecule has 0 unspecified atom stereocenters. The molecule has 0 saturated heterocycles. The Morgan fingerprint density at radius 1 is 1.40 bits per heavy atom. The molecule has 5 N–H and O–H groups in total. The molecule has 0 radical (unpaired) electrons. The lowest BCUT2D eigenvalue weighted by molar-refractivity contribution is -0.138. The highest BCUT2D eigenvalue weighted by atomic mass is 16.4. The molecule has 0 atom stereocenters. The minimum absolute atomic E-state index is 0.207. The van der Waals surface area contributed by atoms with Crippen molar-refractivity contribution in [3.63, 3.8) is 0 Å². The van der Waals surface area contributed by atoms with Crippen LogP contribution >= 0.6 is 0 Å². The van der Waals surface area contributed by atoms with Gasteiger partial charge in [-0.1, -0.05) is 5.16 Å². The second kappa shape index (κ2) is 4.63. The number of amides is 2. The van der Waals surface area contributed by atoms with Crippen LogP contribution in [0.2, 0.25) is 0 Å². The number of carbonyl (C=O) groups excluding carboxylic acids is 2. The smallest absolute Gasteiger partial charge is 0.237 e. The van der Waals surface area contributed by atoms with Gasteiger partial charge in [-0.3, -0.25) is 9.59 Å². The Morgan fingerprint density at radius 3 is 2.20 bits per heavy atom. The van der Waals surface area contributed by atoms with E-state index in [9.17, 15) is 9.59 Å². The van der Waals surface area contributed by atoms with E-state index in [1.807, 2.05) is 0 Å². The van der Waals surface area contributed by atoms with Crippen molar-refractivity contribution in [2.75, 3.05) is 13.6 Å². The van der Waals surface area contributed by atoms with Gasteiger partial charge < -0.3 is 21.6 Å². The van der Waals surface area contributed by atoms with Crippen LogP contribution in [0.25, 0.3) is 0 Å². The number of carbonyl (C=O) groups is 2. The van der Waals surface area contributed by atoms with Crippen LogP contribution in [0, 0.1) is 5.41 Å². The van der Waals surface area contributed by atoms with Gasteiger partial charge in [0.05, 0.1) is 6.54 Å². The zero-order valence-corrected chi connectivity index (χ0v) is 9.02. The van der Waals surface area contributed by atoms with Crippen molar-refractivity contribution in [3.05, 3.63) is 0 Å². The minimum Gasteiger partial charge on any atom is -0.409 e. The SMILES string of the molecule is CN(CC(N)=O)C(=O)C(C)(C)C(N)=NO. The highest BCUT2D eigenvalue weighted by Gasteiger charge is 2.35. The molecule has 2 amide bonds. The average molecular weight is 216 g/mol. The van der Waals surface area contributed by atoms with E-state index in [0.717, 1.165) is 4.90 Å². The van der Waals surface area contributed by atoms with Crippen molar-refractivity contribution >= 4 is 17.6 Å². The van der Waals surface area contributed by atoms with Gasteiger partial charge in [0.25, 0.3) is 0 Å². The molecule has 15 heavy (non-hydrogen) atoms. The summed E-state index contributed by atoms with van der Waals surface area (Å²) in [4.78, 5) is 23.5. The van der Waals surface area contributed by atoms with Crippen LogP contribution < -0.4 is 11.5 Å². The molecule has 0 aliphatic heterocycles. The van der Waals surface area contributed by atoms with Crippen molar-refractivity contribution < 1.29 is 14.8 Å². The maximum Gasteiger partial charge on any atom is 0.237 e. The van der Waals surface area contributed by atoms with Gasteiger partial charge in [0.15, 0.2) is 5.84 Å². The minimum atomic E-state index is -1.17. The summed E-state index contributed by atoms with van der Waals surface area (Å²) in [5.74, 6) is -1.29. The quantitative estimate of drug-likeness (QED) is 0.234. The highest BCUT2D eigenvalue weighted by Crippen LogP contribution is 2.18. The first-order valence-corrected chi connectivity index (χ1v) is 4.25. The van der Waals surface area contributed by atoms with Gasteiger partial charge in [0, 0.05) is 7.05 Å². The van der Waals surface area contributed by atoms with Crippen LogP contribution in [0.5, 0.6) is 0 Å². The van der Waals surface area contributed by atoms with Gasteiger partial charge in [-0.15, -0.1) is 0 Å². The Kier molecular flexibility index (Phi) is 4.07. The Bertz CT molecular complexity index is 298. The summed E-state index contributed by atoms with van der Waals surface area (Å²) in [6, 6.07) is 0. The molecule has 7 nitrogen and oxygen atoms in total. The van der Waals surface area contributed by atoms with Crippen molar-refractivity contribution in [2.24, 2.45) is 22.0 Å². The second-order valence-electron chi connectivity index (χ2n) is 3.74. The summed E-state index contributed by atoms with van der Waals surface area (Å²) in [6.07, 6.45) is 0. The van der Waals surface area contributed by atoms with Crippen molar-refractivity contribution in [1.82, 2.24) is 4.90 Å². The number of nitrogens with zero attached hydrogens (tertiary/aromatic N) is 2. The third-order valence-electron chi connectivity index (χ3n) is 2.02. The first kappa shape index (κ1) is 13.2. The maximum atomic E-state index is 11.7. The van der Waals surface area contributed by atoms with E-state index in [-0.39, 0.29) is 12.4 Å². The molecule has 0 heterocycles. The van der Waals surface area contributed by atoms with Crippen molar-refractivity contribution in [2.45, 2.75) is 13.8 Å². The molecule has 0 rings (SSSR count). The molecule has 0 aliphatic carbocycles. The van der Waals surface area contributed by atoms with Crippen LogP contribution in [0.4, 0.5) is 0 Å². The van der Waals surface area contributed by atoms with E-state index in [4.69, 9.17) is 16.7 Å². The van der Waals surface area contributed by atoms with Crippen LogP contribution in [-0.4, -0.2) is 41.3 Å². The molecule has 7 heteroatoms. The monoisotopic (exact) mass is 216 g/mol. The molecule has 86 valence electrons. The molecule has 0 aromatic heterocycles.